The summed E-state index contributed by atoms with van der Waals surface area (Å²) in [6, 6.07) is 6.16. The van der Waals surface area contributed by atoms with Crippen LogP contribution in [0.25, 0.3) is 5.82 Å². The fourth-order valence-corrected chi connectivity index (χ4v) is 3.47. The van der Waals surface area contributed by atoms with E-state index in [0.717, 1.165) is 54.3 Å². The van der Waals surface area contributed by atoms with Gasteiger partial charge in [0, 0.05) is 31.5 Å². The normalized spacial score (nSPS) is 17.6. The fourth-order valence-electron chi connectivity index (χ4n) is 3.47. The van der Waals surface area contributed by atoms with Gasteiger partial charge in [-0.3, -0.25) is 0 Å². The number of halogens is 1. The highest BCUT2D eigenvalue weighted by atomic mass is 127. The maximum atomic E-state index is 4.83. The minimum atomic E-state index is 0. The summed E-state index contributed by atoms with van der Waals surface area (Å²) < 4.78 is 1.88. The van der Waals surface area contributed by atoms with Gasteiger partial charge >= 0.3 is 0 Å². The molecule has 1 saturated heterocycles. The number of pyridine rings is 1. The predicted octanol–water partition coefficient (Wildman–Crippen LogP) is 3.70. The number of aryl methyl sites for hydroxylation is 2. The number of nitrogens with zero attached hydrogens (tertiary/aromatic N) is 5. The molecule has 1 fully saturated rings. The lowest BCUT2D eigenvalue weighted by molar-refractivity contribution is 0.266. The number of piperidine rings is 1. The van der Waals surface area contributed by atoms with Crippen molar-refractivity contribution in [1.82, 2.24) is 25.0 Å². The van der Waals surface area contributed by atoms with Crippen LogP contribution >= 0.6 is 24.0 Å². The van der Waals surface area contributed by atoms with Crippen LogP contribution in [0.15, 0.2) is 29.4 Å². The van der Waals surface area contributed by atoms with E-state index in [4.69, 9.17) is 4.99 Å². The number of aliphatic imine (C=N–C) groups is 1. The van der Waals surface area contributed by atoms with Crippen LogP contribution in [0.4, 0.5) is 0 Å². The third kappa shape index (κ3) is 5.67. The van der Waals surface area contributed by atoms with Crippen molar-refractivity contribution in [3.8, 4) is 5.82 Å². The number of likely N-dealkylation sites (tertiary alicyclic amines) is 1. The van der Waals surface area contributed by atoms with Gasteiger partial charge in [0.25, 0.3) is 0 Å². The van der Waals surface area contributed by atoms with E-state index < -0.39 is 0 Å². The number of rotatable bonds is 4. The molecule has 3 rings (SSSR count). The summed E-state index contributed by atoms with van der Waals surface area (Å²) >= 11 is 0. The first-order valence-electron chi connectivity index (χ1n) is 9.58. The van der Waals surface area contributed by atoms with Gasteiger partial charge in [0.15, 0.2) is 11.8 Å². The van der Waals surface area contributed by atoms with Gasteiger partial charge in [-0.25, -0.2) is 14.7 Å². The quantitative estimate of drug-likeness (QED) is 0.410. The Labute approximate surface area is 179 Å². The van der Waals surface area contributed by atoms with Gasteiger partial charge in [-0.05, 0) is 57.2 Å². The first-order chi connectivity index (χ1) is 12.6. The molecule has 0 radical (unpaired) electrons. The molecule has 148 valence electrons. The number of aromatic nitrogens is 3. The Morgan fingerprint density at radius 3 is 2.74 bits per heavy atom. The summed E-state index contributed by atoms with van der Waals surface area (Å²) in [6.07, 6.45) is 4.45. The average Bonchev–Trinajstić information content (AvgIpc) is 2.97. The van der Waals surface area contributed by atoms with E-state index in [9.17, 15) is 0 Å². The Morgan fingerprint density at radius 2 is 2.15 bits per heavy atom. The fraction of sp³-hybridized carbons (Fsp3) is 0.550. The lowest BCUT2D eigenvalue weighted by Gasteiger charge is -2.33. The van der Waals surface area contributed by atoms with E-state index in [-0.39, 0.29) is 24.0 Å². The van der Waals surface area contributed by atoms with Crippen molar-refractivity contribution in [2.24, 2.45) is 10.9 Å². The smallest absolute Gasteiger partial charge is 0.194 e. The largest absolute Gasteiger partial charge is 0.357 e. The second-order valence-electron chi connectivity index (χ2n) is 7.23. The number of guanidine groups is 1. The van der Waals surface area contributed by atoms with Crippen molar-refractivity contribution in [2.45, 2.75) is 47.1 Å². The SMILES string of the molecule is CCNC(=NCc1ccc(-n2nc(C)cc2C)nc1)N1CCCC(C)C1.I. The zero-order valence-electron chi connectivity index (χ0n) is 16.8. The van der Waals surface area contributed by atoms with E-state index in [2.05, 4.69) is 46.3 Å². The molecule has 6 nitrogen and oxygen atoms in total. The Balaban J connectivity index is 0.00000261. The molecule has 0 amide bonds. The van der Waals surface area contributed by atoms with Crippen LogP contribution in [0.1, 0.15) is 43.6 Å². The molecule has 27 heavy (non-hydrogen) atoms. The summed E-state index contributed by atoms with van der Waals surface area (Å²) in [5.74, 6) is 2.59. The molecule has 1 N–H and O–H groups in total. The van der Waals surface area contributed by atoms with Gasteiger partial charge in [-0.1, -0.05) is 13.0 Å². The van der Waals surface area contributed by atoms with Crippen molar-refractivity contribution in [3.05, 3.63) is 41.3 Å². The van der Waals surface area contributed by atoms with Crippen molar-refractivity contribution in [2.75, 3.05) is 19.6 Å². The van der Waals surface area contributed by atoms with Crippen molar-refractivity contribution >= 4 is 29.9 Å². The van der Waals surface area contributed by atoms with Crippen LogP contribution in [-0.2, 0) is 6.54 Å². The van der Waals surface area contributed by atoms with Crippen molar-refractivity contribution < 1.29 is 0 Å². The molecule has 0 bridgehead atoms. The first-order valence-corrected chi connectivity index (χ1v) is 9.58. The van der Waals surface area contributed by atoms with Crippen LogP contribution in [-0.4, -0.2) is 45.3 Å². The molecular formula is C20H31IN6. The van der Waals surface area contributed by atoms with Gasteiger partial charge in [0.05, 0.1) is 12.2 Å². The molecule has 1 unspecified atom stereocenters. The third-order valence-corrected chi connectivity index (χ3v) is 4.74. The molecule has 1 aliphatic heterocycles. The zero-order valence-corrected chi connectivity index (χ0v) is 19.1. The monoisotopic (exact) mass is 482 g/mol. The second-order valence-corrected chi connectivity index (χ2v) is 7.23. The zero-order chi connectivity index (χ0) is 18.5. The topological polar surface area (TPSA) is 58.3 Å². The molecule has 0 spiro atoms. The Morgan fingerprint density at radius 1 is 1.33 bits per heavy atom. The van der Waals surface area contributed by atoms with E-state index in [1.165, 1.54) is 12.8 Å². The van der Waals surface area contributed by atoms with E-state index in [1.807, 2.05) is 30.8 Å². The third-order valence-electron chi connectivity index (χ3n) is 4.74. The van der Waals surface area contributed by atoms with Crippen molar-refractivity contribution in [1.29, 1.82) is 0 Å². The first kappa shape index (κ1) is 21.7. The summed E-state index contributed by atoms with van der Waals surface area (Å²) in [6.45, 7) is 12.2. The van der Waals surface area contributed by atoms with Gasteiger partial charge < -0.3 is 10.2 Å². The Kier molecular flexibility index (Phi) is 8.07. The van der Waals surface area contributed by atoms with Crippen LogP contribution in [0.3, 0.4) is 0 Å². The summed E-state index contributed by atoms with van der Waals surface area (Å²) in [7, 11) is 0. The maximum absolute atomic E-state index is 4.83. The minimum Gasteiger partial charge on any atom is -0.357 e. The van der Waals surface area contributed by atoms with E-state index in [1.54, 1.807) is 0 Å². The molecule has 0 aromatic carbocycles. The Bertz CT molecular complexity index is 752. The van der Waals surface area contributed by atoms with Gasteiger partial charge in [0.1, 0.15) is 0 Å². The molecule has 7 heteroatoms. The van der Waals surface area contributed by atoms with E-state index in [0.29, 0.717) is 6.54 Å². The molecule has 0 aliphatic carbocycles. The van der Waals surface area contributed by atoms with Gasteiger partial charge in [-0.15, -0.1) is 24.0 Å². The van der Waals surface area contributed by atoms with Crippen LogP contribution in [0.2, 0.25) is 0 Å². The highest BCUT2D eigenvalue weighted by molar-refractivity contribution is 14.0. The van der Waals surface area contributed by atoms with Crippen LogP contribution in [0.5, 0.6) is 0 Å². The summed E-state index contributed by atoms with van der Waals surface area (Å²) in [5.41, 5.74) is 3.20. The van der Waals surface area contributed by atoms with Crippen molar-refractivity contribution in [3.63, 3.8) is 0 Å². The maximum Gasteiger partial charge on any atom is 0.194 e. The summed E-state index contributed by atoms with van der Waals surface area (Å²) in [4.78, 5) is 11.8. The lowest BCUT2D eigenvalue weighted by Crippen LogP contribution is -2.46. The summed E-state index contributed by atoms with van der Waals surface area (Å²) in [5, 5.41) is 7.92. The van der Waals surface area contributed by atoms with Crippen LogP contribution < -0.4 is 5.32 Å². The molecule has 1 aliphatic rings. The minimum absolute atomic E-state index is 0. The van der Waals surface area contributed by atoms with Gasteiger partial charge in [0.2, 0.25) is 0 Å². The lowest BCUT2D eigenvalue weighted by atomic mass is 10.0. The molecule has 0 saturated carbocycles. The molecule has 2 aromatic heterocycles. The average molecular weight is 482 g/mol. The number of hydrogen-bond donors (Lipinski definition) is 1. The highest BCUT2D eigenvalue weighted by Crippen LogP contribution is 2.16. The standard InChI is InChI=1S/C20H30N6.HI/c1-5-21-20(25-10-6-7-15(2)14-25)23-13-18-8-9-19(22-12-18)26-17(4)11-16(3)24-26;/h8-9,11-12,15H,5-7,10,13-14H2,1-4H3,(H,21,23);1H. The molecule has 3 heterocycles. The predicted molar refractivity (Wildman–Crippen MR) is 121 cm³/mol. The number of hydrogen-bond acceptors (Lipinski definition) is 3. The molecule has 1 atom stereocenters. The van der Waals surface area contributed by atoms with E-state index >= 15 is 0 Å². The van der Waals surface area contributed by atoms with Gasteiger partial charge in [-0.2, -0.15) is 5.10 Å². The second kappa shape index (κ2) is 10.1. The number of nitrogens with one attached hydrogen (secondary N) is 1. The molecular weight excluding hydrogens is 451 g/mol. The Hall–Kier alpha value is -1.64. The highest BCUT2D eigenvalue weighted by Gasteiger charge is 2.19. The van der Waals surface area contributed by atoms with Crippen LogP contribution in [0, 0.1) is 19.8 Å². The molecule has 2 aromatic rings.